The van der Waals surface area contributed by atoms with Gasteiger partial charge in [-0.05, 0) is 23.7 Å². The lowest BCUT2D eigenvalue weighted by atomic mass is 9.90. The maximum atomic E-state index is 7.87. The summed E-state index contributed by atoms with van der Waals surface area (Å²) in [5.74, 6) is 1.29. The lowest BCUT2D eigenvalue weighted by Gasteiger charge is -2.32. The first-order valence-corrected chi connectivity index (χ1v) is 8.27. The number of ether oxygens (including phenoxy) is 1. The lowest BCUT2D eigenvalue weighted by Crippen LogP contribution is -2.41. The smallest absolute Gasteiger partial charge is 0.232 e. The van der Waals surface area contributed by atoms with Crippen molar-refractivity contribution in [2.24, 2.45) is 22.7 Å². The summed E-state index contributed by atoms with van der Waals surface area (Å²) in [6.07, 6.45) is 1.84. The molecular formula is C17H28ClN3O. The molecule has 0 saturated heterocycles. The van der Waals surface area contributed by atoms with Crippen molar-refractivity contribution in [1.82, 2.24) is 9.78 Å². The van der Waals surface area contributed by atoms with Gasteiger partial charge in [0, 0.05) is 18.2 Å². The van der Waals surface area contributed by atoms with Crippen LogP contribution in [0.5, 0.6) is 5.88 Å². The van der Waals surface area contributed by atoms with E-state index in [9.17, 15) is 0 Å². The van der Waals surface area contributed by atoms with Gasteiger partial charge in [0.15, 0.2) is 0 Å². The number of aromatic nitrogens is 2. The predicted molar refractivity (Wildman–Crippen MR) is 90.8 cm³/mol. The van der Waals surface area contributed by atoms with Crippen LogP contribution < -0.4 is 4.74 Å². The standard InChI is InChI=1S/C17H28ClN3O/c1-11(2)17(7,14(18)19)21-9-8-13(20-21)22-10-12-15(3,4)16(12,5)6/h8-9,11-12,19H,10H2,1-7H3/t17-/m1/s1. The number of nitrogens with one attached hydrogen (secondary N) is 1. The first kappa shape index (κ1) is 17.3. The summed E-state index contributed by atoms with van der Waals surface area (Å²) in [6.45, 7) is 15.8. The summed E-state index contributed by atoms with van der Waals surface area (Å²) in [7, 11) is 0. The molecule has 1 aliphatic rings. The molecular weight excluding hydrogens is 298 g/mol. The van der Waals surface area contributed by atoms with E-state index < -0.39 is 5.54 Å². The van der Waals surface area contributed by atoms with E-state index in [1.807, 2.05) is 33.0 Å². The van der Waals surface area contributed by atoms with E-state index in [1.165, 1.54) is 0 Å². The molecule has 22 heavy (non-hydrogen) atoms. The summed E-state index contributed by atoms with van der Waals surface area (Å²) >= 11 is 6.02. The molecule has 4 nitrogen and oxygen atoms in total. The summed E-state index contributed by atoms with van der Waals surface area (Å²) < 4.78 is 7.63. The van der Waals surface area contributed by atoms with Crippen molar-refractivity contribution in [1.29, 1.82) is 5.41 Å². The van der Waals surface area contributed by atoms with Crippen molar-refractivity contribution in [3.63, 3.8) is 0 Å². The molecule has 5 heteroatoms. The Morgan fingerprint density at radius 3 is 2.36 bits per heavy atom. The average Bonchev–Trinajstić information content (AvgIpc) is 2.74. The van der Waals surface area contributed by atoms with Crippen molar-refractivity contribution in [3.05, 3.63) is 12.3 Å². The third-order valence-electron chi connectivity index (χ3n) is 6.33. The second-order valence-electron chi connectivity index (χ2n) is 8.02. The normalized spacial score (nSPS) is 22.4. The molecule has 1 N–H and O–H groups in total. The summed E-state index contributed by atoms with van der Waals surface area (Å²) in [5.41, 5.74) is -0.0259. The zero-order valence-electron chi connectivity index (χ0n) is 14.7. The van der Waals surface area contributed by atoms with Crippen molar-refractivity contribution in [2.75, 3.05) is 6.61 Å². The van der Waals surface area contributed by atoms with Crippen molar-refractivity contribution >= 4 is 16.8 Å². The molecule has 0 spiro atoms. The highest BCUT2D eigenvalue weighted by atomic mass is 35.5. The van der Waals surface area contributed by atoms with E-state index >= 15 is 0 Å². The van der Waals surface area contributed by atoms with Gasteiger partial charge in [0.1, 0.15) is 10.7 Å². The van der Waals surface area contributed by atoms with E-state index in [2.05, 4.69) is 32.8 Å². The SMILES string of the molecule is CC(C)[C@](C)(C(=N)Cl)n1ccc(OCC2C(C)(C)C2(C)C)n1. The second kappa shape index (κ2) is 5.26. The minimum absolute atomic E-state index is 0.0848. The summed E-state index contributed by atoms with van der Waals surface area (Å²) in [5, 5.41) is 12.4. The third kappa shape index (κ3) is 2.45. The van der Waals surface area contributed by atoms with E-state index in [-0.39, 0.29) is 11.1 Å². The molecule has 1 saturated carbocycles. The maximum Gasteiger partial charge on any atom is 0.232 e. The van der Waals surface area contributed by atoms with Crippen LogP contribution in [0.3, 0.4) is 0 Å². The van der Waals surface area contributed by atoms with E-state index in [4.69, 9.17) is 21.7 Å². The maximum absolute atomic E-state index is 7.87. The summed E-state index contributed by atoms with van der Waals surface area (Å²) in [6, 6.07) is 1.85. The van der Waals surface area contributed by atoms with Gasteiger partial charge in [0.05, 0.1) is 6.61 Å². The number of hydrogen-bond acceptors (Lipinski definition) is 3. The molecule has 0 radical (unpaired) electrons. The highest BCUT2D eigenvalue weighted by Crippen LogP contribution is 2.68. The average molecular weight is 326 g/mol. The van der Waals surface area contributed by atoms with Gasteiger partial charge in [0.2, 0.25) is 5.88 Å². The van der Waals surface area contributed by atoms with Gasteiger partial charge in [-0.2, -0.15) is 0 Å². The van der Waals surface area contributed by atoms with Crippen molar-refractivity contribution in [2.45, 2.75) is 54.0 Å². The minimum Gasteiger partial charge on any atom is -0.476 e. The van der Waals surface area contributed by atoms with Crippen LogP contribution in [0.2, 0.25) is 0 Å². The molecule has 1 fully saturated rings. The van der Waals surface area contributed by atoms with E-state index in [0.717, 1.165) is 0 Å². The van der Waals surface area contributed by atoms with Crippen LogP contribution in [-0.2, 0) is 5.54 Å². The van der Waals surface area contributed by atoms with Gasteiger partial charge in [-0.25, -0.2) is 0 Å². The fourth-order valence-corrected chi connectivity index (χ4v) is 3.48. The molecule has 124 valence electrons. The Kier molecular flexibility index (Phi) is 4.14. The van der Waals surface area contributed by atoms with Crippen LogP contribution in [0, 0.1) is 28.1 Å². The molecule has 1 atom stereocenters. The highest BCUT2D eigenvalue weighted by molar-refractivity contribution is 6.66. The predicted octanol–water partition coefficient (Wildman–Crippen LogP) is 4.53. The highest BCUT2D eigenvalue weighted by Gasteiger charge is 2.64. The number of nitrogens with zero attached hydrogens (tertiary/aromatic N) is 2. The molecule has 1 aromatic rings. The molecule has 2 rings (SSSR count). The number of rotatable bonds is 6. The van der Waals surface area contributed by atoms with Gasteiger partial charge in [-0.15, -0.1) is 5.10 Å². The van der Waals surface area contributed by atoms with Gasteiger partial charge >= 0.3 is 0 Å². The molecule has 0 unspecified atom stereocenters. The topological polar surface area (TPSA) is 50.9 Å². The van der Waals surface area contributed by atoms with Crippen LogP contribution in [-0.4, -0.2) is 21.6 Å². The van der Waals surface area contributed by atoms with Gasteiger partial charge in [0.25, 0.3) is 0 Å². The van der Waals surface area contributed by atoms with E-state index in [0.29, 0.717) is 29.2 Å². The Hall–Kier alpha value is -1.03. The lowest BCUT2D eigenvalue weighted by molar-refractivity contribution is 0.246. The largest absolute Gasteiger partial charge is 0.476 e. The number of halogens is 1. The van der Waals surface area contributed by atoms with E-state index in [1.54, 1.807) is 4.68 Å². The third-order valence-corrected chi connectivity index (χ3v) is 6.71. The molecule has 1 aromatic heterocycles. The van der Waals surface area contributed by atoms with Crippen LogP contribution in [0.4, 0.5) is 0 Å². The first-order valence-electron chi connectivity index (χ1n) is 7.89. The van der Waals surface area contributed by atoms with Gasteiger partial charge < -0.3 is 4.74 Å². The van der Waals surface area contributed by atoms with Gasteiger partial charge in [-0.1, -0.05) is 53.1 Å². The Balaban J connectivity index is 2.08. The molecule has 0 bridgehead atoms. The zero-order valence-corrected chi connectivity index (χ0v) is 15.5. The fourth-order valence-electron chi connectivity index (χ4n) is 3.18. The van der Waals surface area contributed by atoms with Crippen LogP contribution >= 0.6 is 11.6 Å². The van der Waals surface area contributed by atoms with Crippen LogP contribution in [0.25, 0.3) is 0 Å². The molecule has 0 aromatic carbocycles. The molecule has 0 amide bonds. The zero-order chi connectivity index (χ0) is 16.9. The van der Waals surface area contributed by atoms with Gasteiger partial charge in [-0.3, -0.25) is 10.1 Å². The second-order valence-corrected chi connectivity index (χ2v) is 8.40. The Bertz CT molecular complexity index is 562. The Labute approximate surface area is 138 Å². The minimum atomic E-state index is -0.638. The Morgan fingerprint density at radius 1 is 1.41 bits per heavy atom. The Morgan fingerprint density at radius 2 is 1.95 bits per heavy atom. The monoisotopic (exact) mass is 325 g/mol. The van der Waals surface area contributed by atoms with Crippen molar-refractivity contribution in [3.8, 4) is 5.88 Å². The molecule has 0 aliphatic heterocycles. The van der Waals surface area contributed by atoms with Crippen LogP contribution in [0.15, 0.2) is 12.3 Å². The first-order chi connectivity index (χ1) is 9.95. The molecule has 1 aliphatic carbocycles. The summed E-state index contributed by atoms with van der Waals surface area (Å²) in [4.78, 5) is 0. The number of hydrogen-bond donors (Lipinski definition) is 1. The van der Waals surface area contributed by atoms with Crippen molar-refractivity contribution < 1.29 is 4.74 Å². The molecule has 1 heterocycles. The quantitative estimate of drug-likeness (QED) is 0.781. The fraction of sp³-hybridized carbons (Fsp3) is 0.765. The van der Waals surface area contributed by atoms with Crippen LogP contribution in [0.1, 0.15) is 48.5 Å².